The van der Waals surface area contributed by atoms with Crippen molar-refractivity contribution in [2.45, 2.75) is 33.2 Å². The largest absolute Gasteiger partial charge is 0.383 e. The fourth-order valence-corrected chi connectivity index (χ4v) is 1.86. The topological polar surface area (TPSA) is 50.3 Å². The Labute approximate surface area is 116 Å². The van der Waals surface area contributed by atoms with Crippen molar-refractivity contribution in [1.29, 1.82) is 0 Å². The fraction of sp³-hybridized carbons (Fsp3) is 0.714. The molecule has 0 unspecified atom stereocenters. The fourth-order valence-electron chi connectivity index (χ4n) is 1.86. The van der Waals surface area contributed by atoms with E-state index in [1.165, 1.54) is 0 Å². The SMILES string of the molecule is CCCN(CCC)c1ncc(CNCCOC)cn1. The third-order valence-corrected chi connectivity index (χ3v) is 2.77. The number of nitrogens with zero attached hydrogens (tertiary/aromatic N) is 3. The summed E-state index contributed by atoms with van der Waals surface area (Å²) in [5, 5.41) is 3.28. The molecule has 19 heavy (non-hydrogen) atoms. The van der Waals surface area contributed by atoms with Crippen LogP contribution in [-0.2, 0) is 11.3 Å². The first-order chi connectivity index (χ1) is 9.31. The first kappa shape index (κ1) is 15.9. The second kappa shape index (κ2) is 9.69. The molecule has 1 aromatic heterocycles. The molecule has 0 aliphatic heterocycles. The van der Waals surface area contributed by atoms with E-state index in [-0.39, 0.29) is 0 Å². The summed E-state index contributed by atoms with van der Waals surface area (Å²) in [6, 6.07) is 0. The molecule has 0 aromatic carbocycles. The highest BCUT2D eigenvalue weighted by Gasteiger charge is 2.07. The molecule has 1 aromatic rings. The number of anilines is 1. The van der Waals surface area contributed by atoms with Crippen LogP contribution in [-0.4, -0.2) is 43.3 Å². The van der Waals surface area contributed by atoms with Gasteiger partial charge in [0.15, 0.2) is 0 Å². The van der Waals surface area contributed by atoms with Crippen LogP contribution in [0.4, 0.5) is 5.95 Å². The van der Waals surface area contributed by atoms with E-state index in [2.05, 4.69) is 34.0 Å². The molecule has 0 bridgehead atoms. The molecular weight excluding hydrogens is 240 g/mol. The summed E-state index contributed by atoms with van der Waals surface area (Å²) in [6.45, 7) is 8.73. The predicted octanol–water partition coefficient (Wildman–Crippen LogP) is 1.84. The van der Waals surface area contributed by atoms with Gasteiger partial charge in [0.1, 0.15) is 0 Å². The summed E-state index contributed by atoms with van der Waals surface area (Å²) in [5.41, 5.74) is 1.10. The number of ether oxygens (including phenoxy) is 1. The highest BCUT2D eigenvalue weighted by Crippen LogP contribution is 2.08. The zero-order valence-corrected chi connectivity index (χ0v) is 12.4. The van der Waals surface area contributed by atoms with Crippen LogP contribution in [0.2, 0.25) is 0 Å². The van der Waals surface area contributed by atoms with Gasteiger partial charge in [-0.3, -0.25) is 0 Å². The predicted molar refractivity (Wildman–Crippen MR) is 78.4 cm³/mol. The van der Waals surface area contributed by atoms with E-state index in [0.717, 1.165) is 57.1 Å². The Kier molecular flexibility index (Phi) is 8.09. The molecule has 1 heterocycles. The number of nitrogens with one attached hydrogen (secondary N) is 1. The molecule has 0 aliphatic rings. The van der Waals surface area contributed by atoms with Crippen LogP contribution in [0.1, 0.15) is 32.3 Å². The minimum atomic E-state index is 0.722. The van der Waals surface area contributed by atoms with Crippen molar-refractivity contribution in [2.24, 2.45) is 0 Å². The van der Waals surface area contributed by atoms with Crippen LogP contribution >= 0.6 is 0 Å². The van der Waals surface area contributed by atoms with Crippen molar-refractivity contribution < 1.29 is 4.74 Å². The Bertz CT molecular complexity index is 323. The third-order valence-electron chi connectivity index (χ3n) is 2.77. The number of aromatic nitrogens is 2. The lowest BCUT2D eigenvalue weighted by Crippen LogP contribution is -2.27. The lowest BCUT2D eigenvalue weighted by atomic mass is 10.3. The summed E-state index contributed by atoms with van der Waals surface area (Å²) < 4.78 is 4.98. The Morgan fingerprint density at radius 2 is 1.79 bits per heavy atom. The van der Waals surface area contributed by atoms with Crippen molar-refractivity contribution in [2.75, 3.05) is 38.3 Å². The second-order valence-electron chi connectivity index (χ2n) is 4.55. The Balaban J connectivity index is 2.49. The maximum Gasteiger partial charge on any atom is 0.225 e. The lowest BCUT2D eigenvalue weighted by molar-refractivity contribution is 0.199. The number of hydrogen-bond acceptors (Lipinski definition) is 5. The quantitative estimate of drug-likeness (QED) is 0.655. The van der Waals surface area contributed by atoms with E-state index in [0.29, 0.717) is 0 Å². The highest BCUT2D eigenvalue weighted by atomic mass is 16.5. The molecule has 5 nitrogen and oxygen atoms in total. The van der Waals surface area contributed by atoms with Gasteiger partial charge in [-0.2, -0.15) is 0 Å². The Hall–Kier alpha value is -1.20. The number of hydrogen-bond donors (Lipinski definition) is 1. The lowest BCUT2D eigenvalue weighted by Gasteiger charge is -2.21. The summed E-state index contributed by atoms with van der Waals surface area (Å²) in [5.74, 6) is 0.837. The molecule has 0 aliphatic carbocycles. The Morgan fingerprint density at radius 3 is 2.32 bits per heavy atom. The molecule has 0 amide bonds. The zero-order chi connectivity index (χ0) is 13.9. The molecule has 0 radical (unpaired) electrons. The maximum atomic E-state index is 4.98. The van der Waals surface area contributed by atoms with Crippen molar-refractivity contribution in [3.05, 3.63) is 18.0 Å². The standard InChI is InChI=1S/C14H26N4O/c1-4-7-18(8-5-2)14-16-11-13(12-17-14)10-15-6-9-19-3/h11-12,15H,4-10H2,1-3H3. The monoisotopic (exact) mass is 266 g/mol. The van der Waals surface area contributed by atoms with Crippen molar-refractivity contribution in [1.82, 2.24) is 15.3 Å². The van der Waals surface area contributed by atoms with Crippen molar-refractivity contribution in [3.8, 4) is 0 Å². The minimum absolute atomic E-state index is 0.722. The highest BCUT2D eigenvalue weighted by molar-refractivity contribution is 5.29. The summed E-state index contributed by atoms with van der Waals surface area (Å²) in [4.78, 5) is 11.2. The summed E-state index contributed by atoms with van der Waals surface area (Å²) >= 11 is 0. The van der Waals surface area contributed by atoms with Crippen LogP contribution in [0.5, 0.6) is 0 Å². The smallest absolute Gasteiger partial charge is 0.225 e. The summed E-state index contributed by atoms with van der Waals surface area (Å²) in [6.07, 6.45) is 6.04. The molecule has 0 fully saturated rings. The first-order valence-electron chi connectivity index (χ1n) is 7.07. The van der Waals surface area contributed by atoms with Gasteiger partial charge in [-0.25, -0.2) is 9.97 Å². The number of rotatable bonds is 10. The average molecular weight is 266 g/mol. The van der Waals surface area contributed by atoms with E-state index >= 15 is 0 Å². The number of methoxy groups -OCH3 is 1. The zero-order valence-electron chi connectivity index (χ0n) is 12.4. The first-order valence-corrected chi connectivity index (χ1v) is 7.07. The van der Waals surface area contributed by atoms with E-state index in [9.17, 15) is 0 Å². The van der Waals surface area contributed by atoms with Crippen molar-refractivity contribution in [3.63, 3.8) is 0 Å². The van der Waals surface area contributed by atoms with Crippen LogP contribution in [0, 0.1) is 0 Å². The van der Waals surface area contributed by atoms with Gasteiger partial charge in [0, 0.05) is 51.2 Å². The van der Waals surface area contributed by atoms with Gasteiger partial charge < -0.3 is 15.0 Å². The second-order valence-corrected chi connectivity index (χ2v) is 4.55. The molecule has 108 valence electrons. The molecule has 5 heteroatoms. The van der Waals surface area contributed by atoms with Gasteiger partial charge in [-0.15, -0.1) is 0 Å². The van der Waals surface area contributed by atoms with E-state index in [1.807, 2.05) is 12.4 Å². The average Bonchev–Trinajstić information content (AvgIpc) is 2.44. The molecule has 0 spiro atoms. The van der Waals surface area contributed by atoms with Gasteiger partial charge in [-0.05, 0) is 12.8 Å². The van der Waals surface area contributed by atoms with Gasteiger partial charge in [0.25, 0.3) is 0 Å². The van der Waals surface area contributed by atoms with Crippen molar-refractivity contribution >= 4 is 5.95 Å². The minimum Gasteiger partial charge on any atom is -0.383 e. The summed E-state index contributed by atoms with van der Waals surface area (Å²) in [7, 11) is 1.70. The van der Waals surface area contributed by atoms with Gasteiger partial charge >= 0.3 is 0 Å². The normalized spacial score (nSPS) is 10.7. The Morgan fingerprint density at radius 1 is 1.16 bits per heavy atom. The van der Waals surface area contributed by atoms with E-state index < -0.39 is 0 Å². The van der Waals surface area contributed by atoms with Gasteiger partial charge in [-0.1, -0.05) is 13.8 Å². The molecule has 0 saturated carbocycles. The van der Waals surface area contributed by atoms with E-state index in [1.54, 1.807) is 7.11 Å². The van der Waals surface area contributed by atoms with Gasteiger partial charge in [0.05, 0.1) is 6.61 Å². The van der Waals surface area contributed by atoms with Crippen LogP contribution in [0.15, 0.2) is 12.4 Å². The maximum absolute atomic E-state index is 4.98. The van der Waals surface area contributed by atoms with E-state index in [4.69, 9.17) is 4.74 Å². The van der Waals surface area contributed by atoms with Crippen LogP contribution in [0.3, 0.4) is 0 Å². The molecule has 0 saturated heterocycles. The van der Waals surface area contributed by atoms with Crippen LogP contribution in [0.25, 0.3) is 0 Å². The molecule has 0 atom stereocenters. The molecule has 1 rings (SSSR count). The molecule has 1 N–H and O–H groups in total. The third kappa shape index (κ3) is 5.98. The van der Waals surface area contributed by atoms with Gasteiger partial charge in [0.2, 0.25) is 5.95 Å². The molecular formula is C14H26N4O. The van der Waals surface area contributed by atoms with Crippen LogP contribution < -0.4 is 10.2 Å².